The number of carbonyl (C=O) groups is 2. The number of para-hydroxylation sites is 1. The molecular formula is C23H22N2O3. The molecule has 0 unspecified atom stereocenters. The molecule has 0 fully saturated rings. The van der Waals surface area contributed by atoms with E-state index in [1.807, 2.05) is 67.6 Å². The molecule has 0 aromatic heterocycles. The van der Waals surface area contributed by atoms with Crippen LogP contribution in [0.3, 0.4) is 0 Å². The highest BCUT2D eigenvalue weighted by Gasteiger charge is 2.22. The Morgan fingerprint density at radius 1 is 0.893 bits per heavy atom. The van der Waals surface area contributed by atoms with Crippen LogP contribution in [0.4, 0.5) is 10.5 Å². The predicted molar refractivity (Wildman–Crippen MR) is 109 cm³/mol. The van der Waals surface area contributed by atoms with E-state index in [-0.39, 0.29) is 5.91 Å². The van der Waals surface area contributed by atoms with Gasteiger partial charge in [-0.3, -0.25) is 4.79 Å². The Balaban J connectivity index is 1.72. The van der Waals surface area contributed by atoms with Crippen LogP contribution in [0.2, 0.25) is 0 Å². The van der Waals surface area contributed by atoms with Crippen LogP contribution in [0, 0.1) is 6.92 Å². The maximum Gasteiger partial charge on any atom is 0.413 e. The third-order valence-corrected chi connectivity index (χ3v) is 4.13. The van der Waals surface area contributed by atoms with Crippen molar-refractivity contribution in [2.24, 2.45) is 0 Å². The third kappa shape index (κ3) is 5.71. The van der Waals surface area contributed by atoms with Crippen LogP contribution in [0.5, 0.6) is 5.75 Å². The summed E-state index contributed by atoms with van der Waals surface area (Å²) in [4.78, 5) is 25.1. The Morgan fingerprint density at radius 2 is 1.57 bits per heavy atom. The van der Waals surface area contributed by atoms with E-state index in [0.717, 1.165) is 11.1 Å². The van der Waals surface area contributed by atoms with E-state index in [4.69, 9.17) is 4.74 Å². The molecule has 3 aromatic carbocycles. The molecule has 0 spiro atoms. The van der Waals surface area contributed by atoms with Gasteiger partial charge in [-0.15, -0.1) is 0 Å². The van der Waals surface area contributed by atoms with Crippen molar-refractivity contribution in [3.8, 4) is 5.75 Å². The maximum atomic E-state index is 12.8. The number of anilines is 1. The molecule has 3 aromatic rings. The van der Waals surface area contributed by atoms with Gasteiger partial charge in [0.1, 0.15) is 11.8 Å². The molecule has 5 nitrogen and oxygen atoms in total. The summed E-state index contributed by atoms with van der Waals surface area (Å²) in [6.45, 7) is 1.95. The van der Waals surface area contributed by atoms with Crippen molar-refractivity contribution in [1.82, 2.24) is 5.32 Å². The largest absolute Gasteiger partial charge is 0.413 e. The van der Waals surface area contributed by atoms with Gasteiger partial charge >= 0.3 is 6.09 Å². The van der Waals surface area contributed by atoms with E-state index in [1.165, 1.54) is 0 Å². The lowest BCUT2D eigenvalue weighted by Gasteiger charge is -2.18. The molecule has 3 rings (SSSR count). The first kappa shape index (κ1) is 19.2. The minimum absolute atomic E-state index is 0.306. The SMILES string of the molecule is Cc1cccc(NC(=O)[C@@H](Cc2ccccc2)NC(=O)Oc2ccccc2)c1. The number of ether oxygens (including phenoxy) is 1. The van der Waals surface area contributed by atoms with Crippen LogP contribution in [-0.2, 0) is 11.2 Å². The molecule has 0 saturated carbocycles. The zero-order valence-corrected chi connectivity index (χ0v) is 15.6. The van der Waals surface area contributed by atoms with Crippen molar-refractivity contribution in [1.29, 1.82) is 0 Å². The highest BCUT2D eigenvalue weighted by atomic mass is 16.6. The van der Waals surface area contributed by atoms with E-state index >= 15 is 0 Å². The minimum Gasteiger partial charge on any atom is -0.410 e. The molecule has 142 valence electrons. The first-order valence-corrected chi connectivity index (χ1v) is 9.05. The first-order chi connectivity index (χ1) is 13.6. The number of amides is 2. The summed E-state index contributed by atoms with van der Waals surface area (Å²) < 4.78 is 5.27. The zero-order valence-electron chi connectivity index (χ0n) is 15.6. The maximum absolute atomic E-state index is 12.8. The summed E-state index contributed by atoms with van der Waals surface area (Å²) in [5.74, 6) is 0.108. The Bertz CT molecular complexity index is 927. The molecule has 28 heavy (non-hydrogen) atoms. The summed E-state index contributed by atoms with van der Waals surface area (Å²) in [7, 11) is 0. The van der Waals surface area contributed by atoms with Gasteiger partial charge in [-0.2, -0.15) is 0 Å². The van der Waals surface area contributed by atoms with Crippen LogP contribution in [0.25, 0.3) is 0 Å². The first-order valence-electron chi connectivity index (χ1n) is 9.05. The molecule has 2 N–H and O–H groups in total. The van der Waals surface area contributed by atoms with E-state index in [0.29, 0.717) is 17.9 Å². The zero-order chi connectivity index (χ0) is 19.8. The number of aryl methyl sites for hydroxylation is 1. The molecular weight excluding hydrogens is 352 g/mol. The van der Waals surface area contributed by atoms with Gasteiger partial charge in [-0.05, 0) is 42.3 Å². The Kier molecular flexibility index (Phi) is 6.41. The van der Waals surface area contributed by atoms with Crippen LogP contribution < -0.4 is 15.4 Å². The lowest BCUT2D eigenvalue weighted by atomic mass is 10.1. The average molecular weight is 374 g/mol. The molecule has 5 heteroatoms. The Morgan fingerprint density at radius 3 is 2.25 bits per heavy atom. The molecule has 0 radical (unpaired) electrons. The molecule has 0 heterocycles. The van der Waals surface area contributed by atoms with Gasteiger partial charge < -0.3 is 15.4 Å². The molecule has 0 aliphatic carbocycles. The second kappa shape index (κ2) is 9.37. The van der Waals surface area contributed by atoms with Crippen molar-refractivity contribution >= 4 is 17.7 Å². The van der Waals surface area contributed by atoms with E-state index in [9.17, 15) is 9.59 Å². The fraction of sp³-hybridized carbons (Fsp3) is 0.130. The number of nitrogens with one attached hydrogen (secondary N) is 2. The normalized spacial score (nSPS) is 11.3. The third-order valence-electron chi connectivity index (χ3n) is 4.13. The second-order valence-electron chi connectivity index (χ2n) is 6.45. The van der Waals surface area contributed by atoms with E-state index in [2.05, 4.69) is 10.6 Å². The minimum atomic E-state index is -0.779. The van der Waals surface area contributed by atoms with Gasteiger partial charge in [0, 0.05) is 12.1 Å². The number of rotatable bonds is 6. The van der Waals surface area contributed by atoms with Crippen LogP contribution in [0.15, 0.2) is 84.9 Å². The average Bonchev–Trinajstić information content (AvgIpc) is 2.69. The lowest BCUT2D eigenvalue weighted by Crippen LogP contribution is -2.46. The van der Waals surface area contributed by atoms with Crippen LogP contribution in [-0.4, -0.2) is 18.0 Å². The second-order valence-corrected chi connectivity index (χ2v) is 6.45. The highest BCUT2D eigenvalue weighted by Crippen LogP contribution is 2.12. The van der Waals surface area contributed by atoms with Crippen LogP contribution >= 0.6 is 0 Å². The molecule has 0 aliphatic heterocycles. The fourth-order valence-corrected chi connectivity index (χ4v) is 2.78. The van der Waals surface area contributed by atoms with Crippen molar-refractivity contribution in [2.75, 3.05) is 5.32 Å². The molecule has 0 aliphatic rings. The van der Waals surface area contributed by atoms with Gasteiger partial charge in [0.25, 0.3) is 0 Å². The summed E-state index contributed by atoms with van der Waals surface area (Å²) >= 11 is 0. The fourth-order valence-electron chi connectivity index (χ4n) is 2.78. The van der Waals surface area contributed by atoms with Gasteiger partial charge in [0.2, 0.25) is 5.91 Å². The van der Waals surface area contributed by atoms with Crippen molar-refractivity contribution in [3.63, 3.8) is 0 Å². The number of benzene rings is 3. The molecule has 0 bridgehead atoms. The lowest BCUT2D eigenvalue weighted by molar-refractivity contribution is -0.118. The monoisotopic (exact) mass is 374 g/mol. The number of carbonyl (C=O) groups excluding carboxylic acids is 2. The Hall–Kier alpha value is -3.60. The van der Waals surface area contributed by atoms with E-state index < -0.39 is 12.1 Å². The number of hydrogen-bond donors (Lipinski definition) is 2. The summed E-state index contributed by atoms with van der Waals surface area (Å²) in [5.41, 5.74) is 2.65. The topological polar surface area (TPSA) is 67.4 Å². The highest BCUT2D eigenvalue weighted by molar-refractivity contribution is 5.97. The molecule has 2 amide bonds. The Labute approximate surface area is 164 Å². The van der Waals surface area contributed by atoms with Gasteiger partial charge in [0.05, 0.1) is 0 Å². The smallest absolute Gasteiger partial charge is 0.410 e. The van der Waals surface area contributed by atoms with Crippen molar-refractivity contribution in [2.45, 2.75) is 19.4 Å². The van der Waals surface area contributed by atoms with E-state index in [1.54, 1.807) is 24.3 Å². The van der Waals surface area contributed by atoms with Gasteiger partial charge in [-0.25, -0.2) is 4.79 Å². The van der Waals surface area contributed by atoms with Crippen LogP contribution in [0.1, 0.15) is 11.1 Å². The number of hydrogen-bond acceptors (Lipinski definition) is 3. The summed E-state index contributed by atoms with van der Waals surface area (Å²) in [6, 6.07) is 25.0. The quantitative estimate of drug-likeness (QED) is 0.675. The summed E-state index contributed by atoms with van der Waals surface area (Å²) in [6.07, 6.45) is -0.325. The predicted octanol–water partition coefficient (Wildman–Crippen LogP) is 4.33. The molecule has 1 atom stereocenters. The standard InChI is InChI=1S/C23H22N2O3/c1-17-9-8-12-19(15-17)24-22(26)21(16-18-10-4-2-5-11-18)25-23(27)28-20-13-6-3-7-14-20/h2-15,21H,16H2,1H3,(H,24,26)(H,25,27)/t21-/m1/s1. The van der Waals surface area contributed by atoms with Crippen molar-refractivity contribution in [3.05, 3.63) is 96.1 Å². The van der Waals surface area contributed by atoms with Gasteiger partial charge in [0.15, 0.2) is 0 Å². The molecule has 0 saturated heterocycles. The van der Waals surface area contributed by atoms with Crippen molar-refractivity contribution < 1.29 is 14.3 Å². The summed E-state index contributed by atoms with van der Waals surface area (Å²) in [5, 5.41) is 5.54. The van der Waals surface area contributed by atoms with Gasteiger partial charge in [-0.1, -0.05) is 60.7 Å².